The number of nitrogens with zero attached hydrogens (tertiary/aromatic N) is 6. The van der Waals surface area contributed by atoms with Crippen LogP contribution in [0.4, 0.5) is 4.79 Å². The van der Waals surface area contributed by atoms with Crippen molar-refractivity contribution in [1.29, 1.82) is 0 Å². The summed E-state index contributed by atoms with van der Waals surface area (Å²) in [4.78, 5) is 14.2. The lowest BCUT2D eigenvalue weighted by Crippen LogP contribution is -2.44. The molecule has 3 aromatic carbocycles. The van der Waals surface area contributed by atoms with Gasteiger partial charge in [0.15, 0.2) is 6.20 Å². The third kappa shape index (κ3) is 6.89. The number of tetrazole rings is 1. The maximum absolute atomic E-state index is 13.8. The Bertz CT molecular complexity index is 1790. The Labute approximate surface area is 267 Å². The molecule has 0 saturated carbocycles. The van der Waals surface area contributed by atoms with Crippen molar-refractivity contribution in [3.8, 4) is 16.8 Å². The fourth-order valence-electron chi connectivity index (χ4n) is 5.94. The van der Waals surface area contributed by atoms with E-state index in [1.165, 1.54) is 11.9 Å². The van der Waals surface area contributed by atoms with Gasteiger partial charge in [0.2, 0.25) is 5.69 Å². The van der Waals surface area contributed by atoms with E-state index in [0.29, 0.717) is 34.4 Å². The van der Waals surface area contributed by atoms with E-state index >= 15 is 0 Å². The molecule has 9 nitrogen and oxygen atoms in total. The summed E-state index contributed by atoms with van der Waals surface area (Å²) in [5.41, 5.74) is 6.04. The highest BCUT2D eigenvalue weighted by Gasteiger charge is 2.26. The van der Waals surface area contributed by atoms with Crippen LogP contribution in [0.15, 0.2) is 104 Å². The highest BCUT2D eigenvalue weighted by Crippen LogP contribution is 2.34. The number of halogens is 1. The van der Waals surface area contributed by atoms with Crippen molar-refractivity contribution in [2.75, 3.05) is 19.6 Å². The number of hydrogen-bond acceptors (Lipinski definition) is 5. The van der Waals surface area contributed by atoms with E-state index in [2.05, 4.69) is 57.3 Å². The van der Waals surface area contributed by atoms with Gasteiger partial charge in [-0.15, -0.1) is 5.10 Å². The summed E-state index contributed by atoms with van der Waals surface area (Å²) in [6.07, 6.45) is 9.02. The van der Waals surface area contributed by atoms with Crippen molar-refractivity contribution in [1.82, 2.24) is 30.4 Å². The number of hydrogen-bond donors (Lipinski definition) is 1. The van der Waals surface area contributed by atoms with Gasteiger partial charge in [0.05, 0.1) is 11.6 Å². The Hall–Kier alpha value is -5.02. The number of amides is 2. The molecule has 10 heteroatoms. The summed E-state index contributed by atoms with van der Waals surface area (Å²) in [6, 6.07) is 27.8. The fourth-order valence-corrected chi connectivity index (χ4v) is 6.11. The van der Waals surface area contributed by atoms with Gasteiger partial charge in [-0.2, -0.15) is 9.41 Å². The number of carbonyl (C=O) groups is 1. The van der Waals surface area contributed by atoms with Gasteiger partial charge in [-0.25, -0.2) is 4.79 Å². The summed E-state index contributed by atoms with van der Waals surface area (Å²) >= 11 is 6.37. The quantitative estimate of drug-likeness (QED) is 0.161. The summed E-state index contributed by atoms with van der Waals surface area (Å²) < 4.78 is 2.49. The molecule has 0 aliphatic carbocycles. The number of aromatic nitrogens is 5. The van der Waals surface area contributed by atoms with Gasteiger partial charge >= 0.3 is 6.03 Å². The highest BCUT2D eigenvalue weighted by atomic mass is 35.5. The fraction of sp³-hybridized carbons (Fsp3) is 0.229. The lowest BCUT2D eigenvalue weighted by Gasteiger charge is -2.32. The lowest BCUT2D eigenvalue weighted by atomic mass is 9.85. The molecule has 1 unspecified atom stereocenters. The van der Waals surface area contributed by atoms with Gasteiger partial charge in [0, 0.05) is 41.9 Å². The molecule has 228 valence electrons. The Balaban J connectivity index is 1.34. The minimum absolute atomic E-state index is 0.00195. The number of allylic oxidation sites excluding steroid dienone is 1. The van der Waals surface area contributed by atoms with Crippen molar-refractivity contribution < 1.29 is 9.52 Å². The van der Waals surface area contributed by atoms with Gasteiger partial charge in [0.25, 0.3) is 0 Å². The maximum atomic E-state index is 13.8. The average molecular weight is 620 g/mol. The van der Waals surface area contributed by atoms with Crippen LogP contribution in [0.3, 0.4) is 0 Å². The van der Waals surface area contributed by atoms with Crippen molar-refractivity contribution >= 4 is 23.7 Å². The lowest BCUT2D eigenvalue weighted by molar-refractivity contribution is -0.613. The number of likely N-dealkylation sites (tertiary alicyclic amines) is 1. The third-order valence-electron chi connectivity index (χ3n) is 8.26. The standard InChI is InChI=1S/C35H34ClN7O2/c1-2-37-35(44)41-19-17-26(18-20-41)27-9-6-10-28(21-27)31(14-11-25-7-4-3-5-8-25)34-15-12-29(23-43(34)45)32-22-30(36)13-16-33(32)42-24-38-39-40-42/h3-16,21-24,26,31H,2,17-20H2,1H3,(H,37,44)/b14-11+. The van der Waals surface area contributed by atoms with Crippen molar-refractivity contribution in [3.63, 3.8) is 0 Å². The second-order valence-corrected chi connectivity index (χ2v) is 11.5. The topological polar surface area (TPSA) is 103 Å². The van der Waals surface area contributed by atoms with E-state index in [9.17, 15) is 10.0 Å². The number of urea groups is 1. The number of pyridine rings is 1. The Morgan fingerprint density at radius 3 is 2.62 bits per heavy atom. The van der Waals surface area contributed by atoms with Gasteiger partial charge in [0.1, 0.15) is 6.33 Å². The first kappa shape index (κ1) is 30.0. The highest BCUT2D eigenvalue weighted by molar-refractivity contribution is 6.31. The molecule has 1 saturated heterocycles. The molecule has 0 radical (unpaired) electrons. The number of piperidine rings is 1. The first-order valence-electron chi connectivity index (χ1n) is 15.1. The monoisotopic (exact) mass is 619 g/mol. The molecule has 1 N–H and O–H groups in total. The minimum Gasteiger partial charge on any atom is -0.618 e. The van der Waals surface area contributed by atoms with Crippen LogP contribution in [-0.4, -0.2) is 50.8 Å². The third-order valence-corrected chi connectivity index (χ3v) is 8.50. The first-order chi connectivity index (χ1) is 22.0. The number of carbonyl (C=O) groups excluding carboxylic acids is 1. The van der Waals surface area contributed by atoms with Gasteiger partial charge in [-0.1, -0.05) is 78.4 Å². The zero-order valence-corrected chi connectivity index (χ0v) is 25.7. The van der Waals surface area contributed by atoms with Crippen LogP contribution >= 0.6 is 11.6 Å². The number of benzene rings is 3. The molecular formula is C35H34ClN7O2. The minimum atomic E-state index is -0.300. The largest absolute Gasteiger partial charge is 0.618 e. The van der Waals surface area contributed by atoms with Crippen LogP contribution in [0, 0.1) is 5.21 Å². The number of nitrogens with one attached hydrogen (secondary N) is 1. The van der Waals surface area contributed by atoms with E-state index in [0.717, 1.165) is 47.4 Å². The molecule has 45 heavy (non-hydrogen) atoms. The molecule has 0 bridgehead atoms. The number of rotatable bonds is 8. The van der Waals surface area contributed by atoms with E-state index in [4.69, 9.17) is 11.6 Å². The molecule has 2 aromatic heterocycles. The summed E-state index contributed by atoms with van der Waals surface area (Å²) in [7, 11) is 0. The summed E-state index contributed by atoms with van der Waals surface area (Å²) in [5.74, 6) is 0.0362. The predicted octanol–water partition coefficient (Wildman–Crippen LogP) is 6.37. The van der Waals surface area contributed by atoms with E-state index in [1.807, 2.05) is 60.4 Å². The Kier molecular flexibility index (Phi) is 9.17. The molecule has 6 rings (SSSR count). The van der Waals surface area contributed by atoms with Crippen LogP contribution in [0.5, 0.6) is 0 Å². The van der Waals surface area contributed by atoms with E-state index in [-0.39, 0.29) is 11.9 Å². The van der Waals surface area contributed by atoms with E-state index in [1.54, 1.807) is 23.0 Å². The van der Waals surface area contributed by atoms with Crippen LogP contribution in [0.2, 0.25) is 5.02 Å². The maximum Gasteiger partial charge on any atom is 0.317 e. The summed E-state index contributed by atoms with van der Waals surface area (Å²) in [5, 5.41) is 28.8. The zero-order valence-electron chi connectivity index (χ0n) is 25.0. The second kappa shape index (κ2) is 13.7. The smallest absolute Gasteiger partial charge is 0.317 e. The zero-order chi connectivity index (χ0) is 31.2. The Morgan fingerprint density at radius 2 is 1.89 bits per heavy atom. The summed E-state index contributed by atoms with van der Waals surface area (Å²) in [6.45, 7) is 3.99. The molecule has 2 amide bonds. The normalized spacial score (nSPS) is 14.5. The Morgan fingerprint density at radius 1 is 1.07 bits per heavy atom. The molecule has 1 aliphatic heterocycles. The van der Waals surface area contributed by atoms with Gasteiger partial charge < -0.3 is 15.4 Å². The van der Waals surface area contributed by atoms with Crippen LogP contribution in [-0.2, 0) is 0 Å². The molecule has 1 atom stereocenters. The molecule has 5 aromatic rings. The predicted molar refractivity (Wildman–Crippen MR) is 175 cm³/mol. The molecular weight excluding hydrogens is 586 g/mol. The van der Waals surface area contributed by atoms with Crippen LogP contribution in [0.1, 0.15) is 54.0 Å². The average Bonchev–Trinajstić information content (AvgIpc) is 3.61. The SMILES string of the molecule is CCNC(=O)N1CCC(c2cccc(C(/C=C/c3ccccc3)c3ccc(-c4cc(Cl)ccc4-n4cnnn4)c[n+]3[O-])c2)CC1. The van der Waals surface area contributed by atoms with Crippen molar-refractivity contribution in [2.24, 2.45) is 0 Å². The van der Waals surface area contributed by atoms with E-state index < -0.39 is 0 Å². The molecule has 0 spiro atoms. The molecule has 1 aliphatic rings. The van der Waals surface area contributed by atoms with Crippen LogP contribution < -0.4 is 10.0 Å². The van der Waals surface area contributed by atoms with Crippen molar-refractivity contribution in [3.05, 3.63) is 136 Å². The first-order valence-corrected chi connectivity index (χ1v) is 15.5. The molecule has 1 fully saturated rings. The van der Waals surface area contributed by atoms with Gasteiger partial charge in [-0.3, -0.25) is 0 Å². The van der Waals surface area contributed by atoms with Crippen molar-refractivity contribution in [2.45, 2.75) is 31.6 Å². The second-order valence-electron chi connectivity index (χ2n) is 11.1. The molecule has 3 heterocycles. The van der Waals surface area contributed by atoms with Crippen LogP contribution in [0.25, 0.3) is 22.9 Å². The van der Waals surface area contributed by atoms with Gasteiger partial charge in [-0.05, 0) is 77.1 Å².